The molecule has 0 saturated carbocycles. The van der Waals surface area contributed by atoms with Crippen molar-refractivity contribution in [1.82, 2.24) is 9.88 Å². The van der Waals surface area contributed by atoms with Crippen LogP contribution >= 0.6 is 0 Å². The third-order valence-corrected chi connectivity index (χ3v) is 7.57. The number of aromatic nitrogens is 1. The van der Waals surface area contributed by atoms with Gasteiger partial charge in [0.2, 0.25) is 5.91 Å². The highest BCUT2D eigenvalue weighted by Gasteiger charge is 2.30. The molecule has 2 heterocycles. The van der Waals surface area contributed by atoms with E-state index in [-0.39, 0.29) is 30.5 Å². The summed E-state index contributed by atoms with van der Waals surface area (Å²) in [6.45, 7) is 15.3. The molecule has 1 amide bonds. The van der Waals surface area contributed by atoms with Crippen LogP contribution in [0.1, 0.15) is 38.8 Å². The number of nitrogens with two attached hydrogens (primary N) is 1. The Balaban J connectivity index is 1.58. The van der Waals surface area contributed by atoms with E-state index in [0.29, 0.717) is 13.2 Å². The first-order valence-electron chi connectivity index (χ1n) is 12.4. The molecule has 7 heteroatoms. The number of benzene rings is 1. The maximum Gasteiger partial charge on any atom is 0.244 e. The molecular weight excluding hydrogens is 440 g/mol. The molecule has 7 nitrogen and oxygen atoms in total. The number of hydrogen-bond donors (Lipinski definition) is 3. The van der Waals surface area contributed by atoms with E-state index in [9.17, 15) is 9.90 Å². The molecule has 0 bridgehead atoms. The van der Waals surface area contributed by atoms with Crippen molar-refractivity contribution in [3.8, 4) is 0 Å². The largest absolute Gasteiger partial charge is 0.402 e. The third-order valence-electron chi connectivity index (χ3n) is 7.57. The number of aliphatic hydroxyl groups excluding tert-OH is 1. The van der Waals surface area contributed by atoms with Gasteiger partial charge in [-0.3, -0.25) is 9.69 Å². The first kappa shape index (κ1) is 25.2. The van der Waals surface area contributed by atoms with Gasteiger partial charge in [0.15, 0.2) is 0 Å². The van der Waals surface area contributed by atoms with Crippen molar-refractivity contribution in [2.75, 3.05) is 44.4 Å². The molecule has 0 radical (unpaired) electrons. The molecule has 2 atom stereocenters. The number of H-pyrrole nitrogens is 1. The Morgan fingerprint density at radius 1 is 1.37 bits per heavy atom. The normalized spacial score (nSPS) is 22.3. The number of hydrogen-bond acceptors (Lipinski definition) is 5. The first-order chi connectivity index (χ1) is 16.8. The van der Waals surface area contributed by atoms with Crippen molar-refractivity contribution in [2.45, 2.75) is 39.2 Å². The number of rotatable bonds is 8. The van der Waals surface area contributed by atoms with Gasteiger partial charge in [-0.15, -0.1) is 6.58 Å². The van der Waals surface area contributed by atoms with Crippen LogP contribution in [0.2, 0.25) is 0 Å². The molecule has 4 rings (SSSR count). The van der Waals surface area contributed by atoms with Crippen molar-refractivity contribution in [1.29, 1.82) is 0 Å². The smallest absolute Gasteiger partial charge is 0.244 e. The summed E-state index contributed by atoms with van der Waals surface area (Å²) in [6.07, 6.45) is 4.65. The number of nitrogens with one attached hydrogen (secondary N) is 1. The van der Waals surface area contributed by atoms with E-state index in [1.807, 2.05) is 31.2 Å². The Morgan fingerprint density at radius 3 is 2.77 bits per heavy atom. The number of anilines is 1. The summed E-state index contributed by atoms with van der Waals surface area (Å²) >= 11 is 0. The monoisotopic (exact) mass is 478 g/mol. The Bertz CT molecular complexity index is 1140. The van der Waals surface area contributed by atoms with Crippen LogP contribution in [0.5, 0.6) is 0 Å². The number of morpholine rings is 1. The standard InChI is InChI=1S/C28H38N4O3/c1-5-28(4)9-8-23(24(29)18-28)19(2)25-16-21-6-7-22(17-26(21)30-25)32(10-13-33)27(34)20(3)31-11-14-35-15-12-31/h5-7,16-17,20,30,33H,1-2,8-15,18,29H2,3-4H3/t20-,28?/m0/s1. The molecular formula is C28H38N4O3. The van der Waals surface area contributed by atoms with Gasteiger partial charge in [0.05, 0.1) is 25.9 Å². The molecule has 188 valence electrons. The third kappa shape index (κ3) is 5.22. The van der Waals surface area contributed by atoms with Crippen LogP contribution in [0.4, 0.5) is 5.69 Å². The van der Waals surface area contributed by atoms with Gasteiger partial charge >= 0.3 is 0 Å². The SMILES string of the molecule is C=CC1(C)CCC(C(=C)c2cc3ccc(N(CCO)C(=O)[C@H](C)N4CCOCC4)cc3[nH]2)=C(N)C1. The van der Waals surface area contributed by atoms with Gasteiger partial charge < -0.3 is 25.5 Å². The van der Waals surface area contributed by atoms with Crippen molar-refractivity contribution >= 4 is 28.1 Å². The highest BCUT2D eigenvalue weighted by atomic mass is 16.5. The summed E-state index contributed by atoms with van der Waals surface area (Å²) in [5.41, 5.74) is 12.0. The highest BCUT2D eigenvalue weighted by Crippen LogP contribution is 2.42. The molecule has 1 aromatic carbocycles. The lowest BCUT2D eigenvalue weighted by Crippen LogP contribution is -2.51. The second-order valence-electron chi connectivity index (χ2n) is 10.0. The summed E-state index contributed by atoms with van der Waals surface area (Å²) < 4.78 is 5.43. The average molecular weight is 479 g/mol. The van der Waals surface area contributed by atoms with E-state index in [1.165, 1.54) is 0 Å². The van der Waals surface area contributed by atoms with Crippen LogP contribution in [-0.4, -0.2) is 66.4 Å². The minimum atomic E-state index is -0.289. The topological polar surface area (TPSA) is 94.8 Å². The van der Waals surface area contributed by atoms with Crippen LogP contribution in [0, 0.1) is 5.41 Å². The lowest BCUT2D eigenvalue weighted by atomic mass is 9.74. The second-order valence-corrected chi connectivity index (χ2v) is 10.0. The predicted molar refractivity (Wildman–Crippen MR) is 142 cm³/mol. The van der Waals surface area contributed by atoms with E-state index in [1.54, 1.807) is 4.90 Å². The van der Waals surface area contributed by atoms with Crippen LogP contribution in [0.15, 0.2) is 54.8 Å². The molecule has 1 aliphatic heterocycles. The minimum absolute atomic E-state index is 0.0260. The lowest BCUT2D eigenvalue weighted by Gasteiger charge is -2.34. The minimum Gasteiger partial charge on any atom is -0.402 e. The number of fused-ring (bicyclic) bond motifs is 1. The van der Waals surface area contributed by atoms with Gasteiger partial charge in [0.25, 0.3) is 0 Å². The molecule has 1 aliphatic carbocycles. The molecule has 1 aromatic heterocycles. The fraction of sp³-hybridized carbons (Fsp3) is 0.464. The molecule has 2 aromatic rings. The maximum atomic E-state index is 13.4. The zero-order chi connectivity index (χ0) is 25.2. The molecule has 2 aliphatic rings. The lowest BCUT2D eigenvalue weighted by molar-refractivity contribution is -0.125. The first-order valence-corrected chi connectivity index (χ1v) is 12.4. The van der Waals surface area contributed by atoms with E-state index < -0.39 is 0 Å². The molecule has 1 saturated heterocycles. The number of amides is 1. The van der Waals surface area contributed by atoms with Gasteiger partial charge in [-0.1, -0.05) is 25.6 Å². The number of carbonyl (C=O) groups excluding carboxylic acids is 1. The number of aromatic amines is 1. The number of nitrogens with zero attached hydrogens (tertiary/aromatic N) is 2. The number of allylic oxidation sites excluding steroid dienone is 4. The molecule has 0 spiro atoms. The van der Waals surface area contributed by atoms with Gasteiger partial charge in [0.1, 0.15) is 0 Å². The van der Waals surface area contributed by atoms with Gasteiger partial charge in [0, 0.05) is 47.6 Å². The summed E-state index contributed by atoms with van der Waals surface area (Å²) in [7, 11) is 0. The van der Waals surface area contributed by atoms with E-state index in [0.717, 1.165) is 71.5 Å². The van der Waals surface area contributed by atoms with E-state index >= 15 is 0 Å². The molecule has 4 N–H and O–H groups in total. The Hall–Kier alpha value is -2.87. The summed E-state index contributed by atoms with van der Waals surface area (Å²) in [5, 5.41) is 10.7. The molecule has 1 fully saturated rings. The highest BCUT2D eigenvalue weighted by molar-refractivity contribution is 5.99. The fourth-order valence-electron chi connectivity index (χ4n) is 5.14. The van der Waals surface area contributed by atoms with Crippen molar-refractivity contribution in [2.24, 2.45) is 11.1 Å². The van der Waals surface area contributed by atoms with Gasteiger partial charge in [-0.2, -0.15) is 0 Å². The van der Waals surface area contributed by atoms with Crippen LogP contribution in [0.25, 0.3) is 16.5 Å². The maximum absolute atomic E-state index is 13.4. The average Bonchev–Trinajstić information content (AvgIpc) is 3.30. The summed E-state index contributed by atoms with van der Waals surface area (Å²) in [4.78, 5) is 20.7. The van der Waals surface area contributed by atoms with Crippen LogP contribution < -0.4 is 10.6 Å². The predicted octanol–water partition coefficient (Wildman–Crippen LogP) is 3.82. The van der Waals surface area contributed by atoms with E-state index in [2.05, 4.69) is 36.0 Å². The molecule has 35 heavy (non-hydrogen) atoms. The van der Waals surface area contributed by atoms with Crippen molar-refractivity contribution in [3.05, 3.63) is 60.5 Å². The summed E-state index contributed by atoms with van der Waals surface area (Å²) in [6, 6.07) is 7.70. The quantitative estimate of drug-likeness (QED) is 0.502. The number of ether oxygens (including phenoxy) is 1. The van der Waals surface area contributed by atoms with Crippen LogP contribution in [-0.2, 0) is 9.53 Å². The van der Waals surface area contributed by atoms with Gasteiger partial charge in [-0.05, 0) is 60.9 Å². The van der Waals surface area contributed by atoms with E-state index in [4.69, 9.17) is 10.5 Å². The molecule has 1 unspecified atom stereocenters. The Morgan fingerprint density at radius 2 is 2.11 bits per heavy atom. The van der Waals surface area contributed by atoms with Crippen molar-refractivity contribution in [3.63, 3.8) is 0 Å². The number of carbonyl (C=O) groups is 1. The van der Waals surface area contributed by atoms with Crippen molar-refractivity contribution < 1.29 is 14.6 Å². The zero-order valence-electron chi connectivity index (χ0n) is 21.0. The van der Waals surface area contributed by atoms with Gasteiger partial charge in [-0.25, -0.2) is 0 Å². The zero-order valence-corrected chi connectivity index (χ0v) is 21.0. The van der Waals surface area contributed by atoms with Crippen LogP contribution in [0.3, 0.4) is 0 Å². The fourth-order valence-corrected chi connectivity index (χ4v) is 5.14. The number of aliphatic hydroxyl groups is 1. The second kappa shape index (κ2) is 10.4. The summed E-state index contributed by atoms with van der Waals surface area (Å²) in [5.74, 6) is -0.0260. The Labute approximate surface area is 207 Å². The Kier molecular flexibility index (Phi) is 7.50.